The van der Waals surface area contributed by atoms with Crippen LogP contribution in [0.1, 0.15) is 41.4 Å². The first-order valence-electron chi connectivity index (χ1n) is 12.0. The SMILES string of the molecule is C/N=C(\C)C#Cc1ccc2c(c1)c(C(N)=O)nn2CC(=O)N1CCC[C@H]1C(=O)NCc1cccc(O)c1F. The number of primary amides is 1. The minimum Gasteiger partial charge on any atom is -0.505 e. The van der Waals surface area contributed by atoms with Crippen molar-refractivity contribution in [2.75, 3.05) is 13.6 Å². The van der Waals surface area contributed by atoms with Crippen LogP contribution in [-0.4, -0.2) is 62.9 Å². The number of phenolic OH excluding ortho intramolecular Hbond substituents is 1. The van der Waals surface area contributed by atoms with Gasteiger partial charge in [0.15, 0.2) is 17.3 Å². The topological polar surface area (TPSA) is 143 Å². The number of likely N-dealkylation sites (tertiary alicyclic amines) is 1. The Morgan fingerprint density at radius 3 is 2.82 bits per heavy atom. The third-order valence-corrected chi connectivity index (χ3v) is 6.38. The molecule has 11 heteroatoms. The molecule has 10 nitrogen and oxygen atoms in total. The molecule has 0 unspecified atom stereocenters. The number of amides is 3. The van der Waals surface area contributed by atoms with Gasteiger partial charge in [-0.2, -0.15) is 5.10 Å². The molecule has 1 saturated heterocycles. The highest BCUT2D eigenvalue weighted by molar-refractivity contribution is 6.05. The van der Waals surface area contributed by atoms with Crippen molar-refractivity contribution in [3.63, 3.8) is 0 Å². The number of halogens is 1. The number of nitrogens with two attached hydrogens (primary N) is 1. The second-order valence-corrected chi connectivity index (χ2v) is 8.87. The predicted octanol–water partition coefficient (Wildman–Crippen LogP) is 1.73. The number of fused-ring (bicyclic) bond motifs is 1. The summed E-state index contributed by atoms with van der Waals surface area (Å²) in [6.45, 7) is 1.82. The largest absolute Gasteiger partial charge is 0.505 e. The first-order chi connectivity index (χ1) is 18.2. The van der Waals surface area contributed by atoms with Crippen LogP contribution in [0, 0.1) is 17.7 Å². The summed E-state index contributed by atoms with van der Waals surface area (Å²) in [6.07, 6.45) is 1.08. The average Bonchev–Trinajstić information content (AvgIpc) is 3.53. The normalized spacial score (nSPS) is 15.3. The van der Waals surface area contributed by atoms with Gasteiger partial charge in [-0.15, -0.1) is 0 Å². The molecule has 1 aliphatic heterocycles. The molecule has 0 radical (unpaired) electrons. The van der Waals surface area contributed by atoms with Crippen LogP contribution in [0.2, 0.25) is 0 Å². The van der Waals surface area contributed by atoms with Crippen molar-refractivity contribution in [2.24, 2.45) is 10.7 Å². The lowest BCUT2D eigenvalue weighted by Crippen LogP contribution is -2.46. The Morgan fingerprint density at radius 1 is 1.29 bits per heavy atom. The third kappa shape index (κ3) is 5.49. The van der Waals surface area contributed by atoms with E-state index in [1.165, 1.54) is 27.8 Å². The Balaban J connectivity index is 1.52. The van der Waals surface area contributed by atoms with Crippen LogP contribution in [0.25, 0.3) is 10.9 Å². The molecule has 196 valence electrons. The fraction of sp³-hybridized carbons (Fsp3) is 0.296. The molecule has 1 fully saturated rings. The van der Waals surface area contributed by atoms with Gasteiger partial charge in [0, 0.05) is 36.7 Å². The van der Waals surface area contributed by atoms with Gasteiger partial charge in [0.25, 0.3) is 5.91 Å². The molecular weight excluding hydrogens is 491 g/mol. The second-order valence-electron chi connectivity index (χ2n) is 8.87. The zero-order valence-electron chi connectivity index (χ0n) is 21.0. The number of carbonyl (C=O) groups excluding carboxylic acids is 3. The lowest BCUT2D eigenvalue weighted by atomic mass is 10.1. The Bertz CT molecular complexity index is 1520. The van der Waals surface area contributed by atoms with E-state index in [9.17, 15) is 23.9 Å². The molecule has 2 heterocycles. The second kappa shape index (κ2) is 11.1. The molecule has 38 heavy (non-hydrogen) atoms. The maximum absolute atomic E-state index is 14.1. The molecule has 4 rings (SSSR count). The number of aliphatic imine (C=N–C) groups is 1. The highest BCUT2D eigenvalue weighted by atomic mass is 19.1. The molecular formula is C27H27FN6O4. The van der Waals surface area contributed by atoms with Gasteiger partial charge in [-0.3, -0.25) is 24.1 Å². The number of carbonyl (C=O) groups is 3. The minimum atomic E-state index is -0.800. The molecule has 1 aliphatic rings. The Morgan fingerprint density at radius 2 is 2.08 bits per heavy atom. The van der Waals surface area contributed by atoms with E-state index in [2.05, 4.69) is 27.2 Å². The van der Waals surface area contributed by atoms with Crippen molar-refractivity contribution in [3.8, 4) is 17.6 Å². The van der Waals surface area contributed by atoms with Crippen molar-refractivity contribution in [2.45, 2.75) is 38.9 Å². The Kier molecular flexibility index (Phi) is 7.71. The van der Waals surface area contributed by atoms with E-state index in [0.29, 0.717) is 41.6 Å². The molecule has 4 N–H and O–H groups in total. The summed E-state index contributed by atoms with van der Waals surface area (Å²) in [5.41, 5.74) is 7.50. The number of rotatable bonds is 6. The third-order valence-electron chi connectivity index (χ3n) is 6.38. The summed E-state index contributed by atoms with van der Waals surface area (Å²) in [5, 5.41) is 16.9. The smallest absolute Gasteiger partial charge is 0.269 e. The van der Waals surface area contributed by atoms with Crippen LogP contribution in [0.5, 0.6) is 5.75 Å². The minimum absolute atomic E-state index is 0.0150. The molecule has 2 aromatic carbocycles. The molecule has 1 atom stereocenters. The quantitative estimate of drug-likeness (QED) is 0.336. The van der Waals surface area contributed by atoms with Crippen LogP contribution in [0.3, 0.4) is 0 Å². The zero-order chi connectivity index (χ0) is 27.4. The van der Waals surface area contributed by atoms with E-state index in [1.54, 1.807) is 32.2 Å². The number of nitrogens with one attached hydrogen (secondary N) is 1. The molecule has 0 bridgehead atoms. The summed E-state index contributed by atoms with van der Waals surface area (Å²) in [6, 6.07) is 8.58. The molecule has 0 aliphatic carbocycles. The van der Waals surface area contributed by atoms with E-state index >= 15 is 0 Å². The van der Waals surface area contributed by atoms with Crippen LogP contribution >= 0.6 is 0 Å². The van der Waals surface area contributed by atoms with Gasteiger partial charge in [-0.1, -0.05) is 18.1 Å². The zero-order valence-corrected chi connectivity index (χ0v) is 21.0. The highest BCUT2D eigenvalue weighted by Gasteiger charge is 2.34. The number of benzene rings is 2. The number of nitrogens with zero attached hydrogens (tertiary/aromatic N) is 4. The molecule has 3 amide bonds. The van der Waals surface area contributed by atoms with Crippen LogP contribution in [0.4, 0.5) is 4.39 Å². The van der Waals surface area contributed by atoms with E-state index in [0.717, 1.165) is 0 Å². The fourth-order valence-electron chi connectivity index (χ4n) is 4.34. The summed E-state index contributed by atoms with van der Waals surface area (Å²) in [7, 11) is 1.64. The van der Waals surface area contributed by atoms with Gasteiger partial charge in [0.1, 0.15) is 12.6 Å². The maximum Gasteiger partial charge on any atom is 0.269 e. The number of phenols is 1. The van der Waals surface area contributed by atoms with E-state index in [4.69, 9.17) is 5.73 Å². The van der Waals surface area contributed by atoms with Crippen LogP contribution in [0.15, 0.2) is 41.4 Å². The van der Waals surface area contributed by atoms with Gasteiger partial charge < -0.3 is 21.1 Å². The summed E-state index contributed by atoms with van der Waals surface area (Å²) in [5.74, 6) is 3.06. The number of aromatic nitrogens is 2. The van der Waals surface area contributed by atoms with Gasteiger partial charge in [0.2, 0.25) is 11.8 Å². The molecule has 3 aromatic rings. The first kappa shape index (κ1) is 26.3. The average molecular weight is 519 g/mol. The monoisotopic (exact) mass is 518 g/mol. The first-order valence-corrected chi connectivity index (χ1v) is 12.0. The number of hydrogen-bond donors (Lipinski definition) is 3. The van der Waals surface area contributed by atoms with Gasteiger partial charge in [-0.05, 0) is 50.0 Å². The predicted molar refractivity (Wildman–Crippen MR) is 139 cm³/mol. The highest BCUT2D eigenvalue weighted by Crippen LogP contribution is 2.23. The van der Waals surface area contributed by atoms with E-state index in [1.807, 2.05) is 0 Å². The molecule has 0 spiro atoms. The van der Waals surface area contributed by atoms with Crippen LogP contribution in [-0.2, 0) is 22.7 Å². The van der Waals surface area contributed by atoms with Crippen molar-refractivity contribution in [3.05, 3.63) is 59.0 Å². The van der Waals surface area contributed by atoms with Gasteiger partial charge in [0.05, 0.1) is 11.2 Å². The van der Waals surface area contributed by atoms with Crippen molar-refractivity contribution < 1.29 is 23.9 Å². The summed E-state index contributed by atoms with van der Waals surface area (Å²) < 4.78 is 15.5. The van der Waals surface area contributed by atoms with E-state index < -0.39 is 29.4 Å². The molecule has 1 aromatic heterocycles. The number of aromatic hydroxyl groups is 1. The van der Waals surface area contributed by atoms with Crippen LogP contribution < -0.4 is 11.1 Å². The molecule has 0 saturated carbocycles. The van der Waals surface area contributed by atoms with Gasteiger partial charge >= 0.3 is 0 Å². The lowest BCUT2D eigenvalue weighted by molar-refractivity contribution is -0.139. The Hall–Kier alpha value is -4.72. The standard InChI is InChI=1S/C27H27FN6O4/c1-16(30-2)8-9-17-10-11-20-19(13-17)25(26(29)37)32-34(20)15-23(36)33-12-4-6-21(33)27(38)31-14-18-5-3-7-22(35)24(18)28/h3,5,7,10-11,13,21,35H,4,6,12,14-15H2,1-2H3,(H2,29,37)(H,31,38)/b30-16+/t21-/m0/s1. The fourth-order valence-corrected chi connectivity index (χ4v) is 4.34. The summed E-state index contributed by atoms with van der Waals surface area (Å²) >= 11 is 0. The van der Waals surface area contributed by atoms with Gasteiger partial charge in [-0.25, -0.2) is 4.39 Å². The summed E-state index contributed by atoms with van der Waals surface area (Å²) in [4.78, 5) is 43.6. The maximum atomic E-state index is 14.1. The van der Waals surface area contributed by atoms with Crippen molar-refractivity contribution >= 4 is 34.3 Å². The number of hydrogen-bond acceptors (Lipinski definition) is 6. The lowest BCUT2D eigenvalue weighted by Gasteiger charge is -2.24. The Labute approximate surface area is 218 Å². The van der Waals surface area contributed by atoms with Crippen molar-refractivity contribution in [1.29, 1.82) is 0 Å². The van der Waals surface area contributed by atoms with E-state index in [-0.39, 0.29) is 30.3 Å². The van der Waals surface area contributed by atoms with Crippen molar-refractivity contribution in [1.82, 2.24) is 20.0 Å².